The van der Waals surface area contributed by atoms with E-state index >= 15 is 0 Å². The highest BCUT2D eigenvalue weighted by Gasteiger charge is 2.11. The predicted octanol–water partition coefficient (Wildman–Crippen LogP) is 9.16. The maximum atomic E-state index is 12.3. The number of unbranched alkanes of at least 4 members (excludes halogenated alkanes) is 16. The quantitative estimate of drug-likeness (QED) is 0.0827. The number of carboxylic acids is 1. The maximum Gasteiger partial charge on any atom is 0.306 e. The summed E-state index contributed by atoms with van der Waals surface area (Å²) in [5.74, 6) is -0.751. The first-order valence-corrected chi connectivity index (χ1v) is 14.2. The van der Waals surface area contributed by atoms with Crippen LogP contribution in [0, 0.1) is 0 Å². The van der Waals surface area contributed by atoms with E-state index in [1.807, 2.05) is 0 Å². The van der Waals surface area contributed by atoms with Gasteiger partial charge >= 0.3 is 11.9 Å². The smallest absolute Gasteiger partial charge is 0.306 e. The van der Waals surface area contributed by atoms with E-state index < -0.39 is 5.97 Å². The molecule has 4 heteroatoms. The summed E-state index contributed by atoms with van der Waals surface area (Å²) in [4.78, 5) is 22.9. The van der Waals surface area contributed by atoms with E-state index in [9.17, 15) is 9.59 Å². The van der Waals surface area contributed by atoms with Gasteiger partial charge in [-0.05, 0) is 44.6 Å². The molecular formula is C29H54O4. The molecule has 33 heavy (non-hydrogen) atoms. The van der Waals surface area contributed by atoms with Crippen molar-refractivity contribution in [1.82, 2.24) is 0 Å². The summed E-state index contributed by atoms with van der Waals surface area (Å²) in [6.07, 6.45) is 28.1. The van der Waals surface area contributed by atoms with Crippen molar-refractivity contribution in [3.05, 3.63) is 12.2 Å². The highest BCUT2D eigenvalue weighted by atomic mass is 16.5. The molecule has 0 bridgehead atoms. The normalized spacial score (nSPS) is 12.3. The van der Waals surface area contributed by atoms with Gasteiger partial charge in [-0.1, -0.05) is 110 Å². The fourth-order valence-electron chi connectivity index (χ4n) is 4.09. The average molecular weight is 467 g/mol. The Labute approximate surface area is 204 Å². The van der Waals surface area contributed by atoms with E-state index in [4.69, 9.17) is 9.84 Å². The molecule has 0 aromatic carbocycles. The molecular weight excluding hydrogens is 412 g/mol. The van der Waals surface area contributed by atoms with E-state index in [1.54, 1.807) is 0 Å². The Bertz CT molecular complexity index is 472. The lowest BCUT2D eigenvalue weighted by Gasteiger charge is -2.15. The zero-order chi connectivity index (χ0) is 24.4. The van der Waals surface area contributed by atoms with Crippen molar-refractivity contribution >= 4 is 11.9 Å². The van der Waals surface area contributed by atoms with Gasteiger partial charge in [0.25, 0.3) is 0 Å². The van der Waals surface area contributed by atoms with E-state index in [0.717, 1.165) is 64.2 Å². The third-order valence-corrected chi connectivity index (χ3v) is 6.22. The predicted molar refractivity (Wildman–Crippen MR) is 140 cm³/mol. The molecule has 0 aromatic heterocycles. The minimum Gasteiger partial charge on any atom is -0.481 e. The minimum absolute atomic E-state index is 0.0502. The molecule has 0 fully saturated rings. The lowest BCUT2D eigenvalue weighted by Crippen LogP contribution is -2.16. The second-order valence-corrected chi connectivity index (χ2v) is 9.58. The maximum absolute atomic E-state index is 12.3. The summed E-state index contributed by atoms with van der Waals surface area (Å²) in [6, 6.07) is 0. The summed E-state index contributed by atoms with van der Waals surface area (Å²) in [5.41, 5.74) is 0. The van der Waals surface area contributed by atoms with E-state index in [2.05, 4.69) is 26.0 Å². The SMILES string of the molecule is CCCCCCCCC/C=C\C(CCCCCCCCC(=O)O)OC(=O)CCCCCCC. The summed E-state index contributed by atoms with van der Waals surface area (Å²) >= 11 is 0. The van der Waals surface area contributed by atoms with Crippen molar-refractivity contribution in [3.8, 4) is 0 Å². The first kappa shape index (κ1) is 31.7. The number of carbonyl (C=O) groups is 2. The van der Waals surface area contributed by atoms with Gasteiger partial charge in [-0.25, -0.2) is 0 Å². The molecule has 0 radical (unpaired) electrons. The van der Waals surface area contributed by atoms with Crippen LogP contribution in [-0.4, -0.2) is 23.1 Å². The number of carbonyl (C=O) groups excluding carboxylic acids is 1. The Kier molecular flexibility index (Phi) is 24.3. The molecule has 0 heterocycles. The van der Waals surface area contributed by atoms with Crippen molar-refractivity contribution in [1.29, 1.82) is 0 Å². The van der Waals surface area contributed by atoms with Crippen molar-refractivity contribution in [2.24, 2.45) is 0 Å². The molecule has 4 nitrogen and oxygen atoms in total. The molecule has 0 rings (SSSR count). The largest absolute Gasteiger partial charge is 0.481 e. The molecule has 0 aliphatic carbocycles. The van der Waals surface area contributed by atoms with Crippen molar-refractivity contribution in [2.75, 3.05) is 0 Å². The van der Waals surface area contributed by atoms with Gasteiger partial charge in [0.05, 0.1) is 0 Å². The zero-order valence-electron chi connectivity index (χ0n) is 22.0. The topological polar surface area (TPSA) is 63.6 Å². The van der Waals surface area contributed by atoms with Crippen molar-refractivity contribution in [2.45, 2.75) is 161 Å². The molecule has 0 aromatic rings. The third kappa shape index (κ3) is 25.1. The minimum atomic E-state index is -0.701. The molecule has 0 aliphatic rings. The third-order valence-electron chi connectivity index (χ3n) is 6.22. The molecule has 0 amide bonds. The van der Waals surface area contributed by atoms with Crippen LogP contribution < -0.4 is 0 Å². The van der Waals surface area contributed by atoms with Crippen LogP contribution in [0.1, 0.15) is 155 Å². The molecule has 0 aliphatic heterocycles. The van der Waals surface area contributed by atoms with Crippen LogP contribution >= 0.6 is 0 Å². The fraction of sp³-hybridized carbons (Fsp3) is 0.862. The van der Waals surface area contributed by atoms with Crippen LogP contribution in [0.2, 0.25) is 0 Å². The van der Waals surface area contributed by atoms with Crippen LogP contribution in [0.3, 0.4) is 0 Å². The standard InChI is InChI=1S/C29H54O4/c1-3-5-7-9-10-11-12-16-19-23-27(33-29(32)26-22-15-8-6-4-2)24-20-17-13-14-18-21-25-28(30)31/h19,23,27H,3-18,20-22,24-26H2,1-2H3,(H,30,31)/b23-19-. The fourth-order valence-corrected chi connectivity index (χ4v) is 4.09. The van der Waals surface area contributed by atoms with E-state index in [-0.39, 0.29) is 18.5 Å². The first-order chi connectivity index (χ1) is 16.1. The number of hydrogen-bond acceptors (Lipinski definition) is 3. The molecule has 1 atom stereocenters. The van der Waals surface area contributed by atoms with E-state index in [0.29, 0.717) is 6.42 Å². The van der Waals surface area contributed by atoms with Crippen LogP contribution in [0.5, 0.6) is 0 Å². The monoisotopic (exact) mass is 466 g/mol. The Morgan fingerprint density at radius 2 is 1.15 bits per heavy atom. The Morgan fingerprint density at radius 1 is 0.667 bits per heavy atom. The van der Waals surface area contributed by atoms with Crippen LogP contribution in [0.4, 0.5) is 0 Å². The van der Waals surface area contributed by atoms with Gasteiger partial charge in [-0.2, -0.15) is 0 Å². The van der Waals surface area contributed by atoms with Crippen LogP contribution in [0.25, 0.3) is 0 Å². The van der Waals surface area contributed by atoms with Gasteiger partial charge in [-0.15, -0.1) is 0 Å². The highest BCUT2D eigenvalue weighted by molar-refractivity contribution is 5.69. The molecule has 0 spiro atoms. The highest BCUT2D eigenvalue weighted by Crippen LogP contribution is 2.15. The Hall–Kier alpha value is -1.32. The number of esters is 1. The number of allylic oxidation sites excluding steroid dienone is 1. The average Bonchev–Trinajstić information content (AvgIpc) is 2.79. The summed E-state index contributed by atoms with van der Waals surface area (Å²) in [6.45, 7) is 4.46. The number of aliphatic carboxylic acids is 1. The Morgan fingerprint density at radius 3 is 1.73 bits per heavy atom. The number of carboxylic acid groups (broad SMARTS) is 1. The van der Waals surface area contributed by atoms with Gasteiger partial charge in [0, 0.05) is 12.8 Å². The molecule has 0 saturated carbocycles. The molecule has 0 saturated heterocycles. The van der Waals surface area contributed by atoms with Crippen LogP contribution in [0.15, 0.2) is 12.2 Å². The van der Waals surface area contributed by atoms with Gasteiger partial charge in [0.2, 0.25) is 0 Å². The lowest BCUT2D eigenvalue weighted by atomic mass is 10.0. The first-order valence-electron chi connectivity index (χ1n) is 14.2. The molecule has 194 valence electrons. The van der Waals surface area contributed by atoms with Crippen LogP contribution in [-0.2, 0) is 14.3 Å². The summed E-state index contributed by atoms with van der Waals surface area (Å²) in [5, 5.41) is 8.69. The Balaban J connectivity index is 4.15. The number of ether oxygens (including phenoxy) is 1. The zero-order valence-corrected chi connectivity index (χ0v) is 22.0. The number of rotatable bonds is 25. The van der Waals surface area contributed by atoms with Gasteiger partial charge < -0.3 is 9.84 Å². The summed E-state index contributed by atoms with van der Waals surface area (Å²) in [7, 11) is 0. The van der Waals surface area contributed by atoms with E-state index in [1.165, 1.54) is 64.2 Å². The number of hydrogen-bond donors (Lipinski definition) is 1. The lowest BCUT2D eigenvalue weighted by molar-refractivity contribution is -0.147. The van der Waals surface area contributed by atoms with Gasteiger partial charge in [0.15, 0.2) is 0 Å². The molecule has 1 N–H and O–H groups in total. The van der Waals surface area contributed by atoms with Crippen molar-refractivity contribution < 1.29 is 19.4 Å². The second-order valence-electron chi connectivity index (χ2n) is 9.58. The second kappa shape index (κ2) is 25.3. The van der Waals surface area contributed by atoms with Crippen molar-refractivity contribution in [3.63, 3.8) is 0 Å². The summed E-state index contributed by atoms with van der Waals surface area (Å²) < 4.78 is 5.81. The van der Waals surface area contributed by atoms with Gasteiger partial charge in [0.1, 0.15) is 6.10 Å². The van der Waals surface area contributed by atoms with Gasteiger partial charge in [-0.3, -0.25) is 9.59 Å². The molecule has 1 unspecified atom stereocenters.